The van der Waals surface area contributed by atoms with Crippen molar-refractivity contribution in [1.29, 1.82) is 0 Å². The van der Waals surface area contributed by atoms with Crippen LogP contribution in [0.2, 0.25) is 0 Å². The molecule has 1 aliphatic heterocycles. The Morgan fingerprint density at radius 2 is 1.86 bits per heavy atom. The smallest absolute Gasteiger partial charge is 0.243 e. The van der Waals surface area contributed by atoms with Crippen LogP contribution in [0.25, 0.3) is 0 Å². The minimum atomic E-state index is -3.44. The van der Waals surface area contributed by atoms with E-state index >= 15 is 0 Å². The van der Waals surface area contributed by atoms with E-state index in [0.29, 0.717) is 31.1 Å². The third-order valence-corrected chi connectivity index (χ3v) is 5.88. The molecule has 118 valence electrons. The molecular weight excluding hydrogens is 288 g/mol. The van der Waals surface area contributed by atoms with Gasteiger partial charge in [-0.15, -0.1) is 0 Å². The predicted molar refractivity (Wildman–Crippen MR) is 83.4 cm³/mol. The van der Waals surface area contributed by atoms with Crippen LogP contribution in [0.1, 0.15) is 30.9 Å². The molecule has 1 fully saturated rings. The van der Waals surface area contributed by atoms with Gasteiger partial charge in [0.05, 0.1) is 12.0 Å². The van der Waals surface area contributed by atoms with Crippen LogP contribution in [0.4, 0.5) is 0 Å². The molecule has 6 heteroatoms. The van der Waals surface area contributed by atoms with E-state index in [2.05, 4.69) is 5.32 Å². The van der Waals surface area contributed by atoms with Gasteiger partial charge in [-0.3, -0.25) is 0 Å². The lowest BCUT2D eigenvalue weighted by atomic mass is 10.0. The van der Waals surface area contributed by atoms with Crippen LogP contribution in [0.15, 0.2) is 17.0 Å². The van der Waals surface area contributed by atoms with Crippen molar-refractivity contribution in [2.24, 2.45) is 0 Å². The minimum absolute atomic E-state index is 0.206. The van der Waals surface area contributed by atoms with Crippen molar-refractivity contribution in [3.05, 3.63) is 23.3 Å². The molecule has 1 aromatic rings. The lowest BCUT2D eigenvalue weighted by molar-refractivity contribution is 0.359. The second-order valence-corrected chi connectivity index (χ2v) is 7.57. The standard InChI is InChI=1S/C15H24N2O3S/c1-11(2)13-10-15(12(3)9-14(13)20-4)21(18,19)17-7-5-16-6-8-17/h9-11,16H,5-8H2,1-4H3. The Bertz CT molecular complexity index is 606. The maximum Gasteiger partial charge on any atom is 0.243 e. The van der Waals surface area contributed by atoms with Gasteiger partial charge in [0.25, 0.3) is 0 Å². The molecular formula is C15H24N2O3S. The number of sulfonamides is 1. The first kappa shape index (κ1) is 16.3. The maximum atomic E-state index is 12.8. The number of nitrogens with zero attached hydrogens (tertiary/aromatic N) is 1. The van der Waals surface area contributed by atoms with Gasteiger partial charge in [0.1, 0.15) is 5.75 Å². The molecule has 0 atom stereocenters. The van der Waals surface area contributed by atoms with E-state index in [1.807, 2.05) is 26.8 Å². The van der Waals surface area contributed by atoms with Gasteiger partial charge in [-0.1, -0.05) is 13.8 Å². The molecule has 2 rings (SSSR count). The number of rotatable bonds is 4. The molecule has 0 radical (unpaired) electrons. The predicted octanol–water partition coefficient (Wildman–Crippen LogP) is 1.72. The Labute approximate surface area is 127 Å². The normalized spacial score (nSPS) is 17.2. The summed E-state index contributed by atoms with van der Waals surface area (Å²) >= 11 is 0. The van der Waals surface area contributed by atoms with E-state index in [9.17, 15) is 8.42 Å². The van der Waals surface area contributed by atoms with E-state index < -0.39 is 10.0 Å². The van der Waals surface area contributed by atoms with Gasteiger partial charge in [0, 0.05) is 26.2 Å². The molecule has 5 nitrogen and oxygen atoms in total. The summed E-state index contributed by atoms with van der Waals surface area (Å²) in [6.07, 6.45) is 0. The number of piperazine rings is 1. The summed E-state index contributed by atoms with van der Waals surface area (Å²) in [6.45, 7) is 8.33. The molecule has 1 aromatic carbocycles. The van der Waals surface area contributed by atoms with Crippen LogP contribution in [0.5, 0.6) is 5.75 Å². The Kier molecular flexibility index (Phi) is 4.91. The van der Waals surface area contributed by atoms with Crippen LogP contribution in [-0.4, -0.2) is 46.0 Å². The van der Waals surface area contributed by atoms with Crippen LogP contribution in [0.3, 0.4) is 0 Å². The van der Waals surface area contributed by atoms with Crippen molar-refractivity contribution in [1.82, 2.24) is 9.62 Å². The van der Waals surface area contributed by atoms with E-state index in [0.717, 1.165) is 16.9 Å². The van der Waals surface area contributed by atoms with Gasteiger partial charge < -0.3 is 10.1 Å². The SMILES string of the molecule is COc1cc(C)c(S(=O)(=O)N2CCNCC2)cc1C(C)C. The van der Waals surface area contributed by atoms with Gasteiger partial charge in [0.15, 0.2) is 0 Å². The Hall–Kier alpha value is -1.11. The Morgan fingerprint density at radius 1 is 1.24 bits per heavy atom. The van der Waals surface area contributed by atoms with Gasteiger partial charge >= 0.3 is 0 Å². The molecule has 0 bridgehead atoms. The lowest BCUT2D eigenvalue weighted by Gasteiger charge is -2.28. The first-order valence-corrected chi connectivity index (χ1v) is 8.71. The average Bonchev–Trinajstić information content (AvgIpc) is 2.47. The van der Waals surface area contributed by atoms with Gasteiger partial charge in [-0.05, 0) is 36.1 Å². The summed E-state index contributed by atoms with van der Waals surface area (Å²) in [5.41, 5.74) is 1.66. The molecule has 0 amide bonds. The maximum absolute atomic E-state index is 12.8. The highest BCUT2D eigenvalue weighted by Crippen LogP contribution is 2.32. The molecule has 0 spiro atoms. The van der Waals surface area contributed by atoms with Crippen LogP contribution in [0, 0.1) is 6.92 Å². The largest absolute Gasteiger partial charge is 0.496 e. The fourth-order valence-electron chi connectivity index (χ4n) is 2.61. The van der Waals surface area contributed by atoms with Crippen molar-refractivity contribution in [2.75, 3.05) is 33.3 Å². The minimum Gasteiger partial charge on any atom is -0.496 e. The van der Waals surface area contributed by atoms with Crippen molar-refractivity contribution in [2.45, 2.75) is 31.6 Å². The number of benzene rings is 1. The van der Waals surface area contributed by atoms with Crippen molar-refractivity contribution < 1.29 is 13.2 Å². The Morgan fingerprint density at radius 3 is 2.38 bits per heavy atom. The van der Waals surface area contributed by atoms with Gasteiger partial charge in [-0.25, -0.2) is 8.42 Å². The van der Waals surface area contributed by atoms with Gasteiger partial charge in [0.2, 0.25) is 10.0 Å². The first-order chi connectivity index (χ1) is 9.87. The highest BCUT2D eigenvalue weighted by molar-refractivity contribution is 7.89. The fraction of sp³-hybridized carbons (Fsp3) is 0.600. The summed E-state index contributed by atoms with van der Waals surface area (Å²) in [4.78, 5) is 0.397. The number of nitrogens with one attached hydrogen (secondary N) is 1. The summed E-state index contributed by atoms with van der Waals surface area (Å²) in [5.74, 6) is 0.958. The molecule has 0 unspecified atom stereocenters. The van der Waals surface area contributed by atoms with Crippen molar-refractivity contribution >= 4 is 10.0 Å². The first-order valence-electron chi connectivity index (χ1n) is 7.27. The third kappa shape index (κ3) is 3.22. The molecule has 1 N–H and O–H groups in total. The Balaban J connectivity index is 2.49. The van der Waals surface area contributed by atoms with Crippen molar-refractivity contribution in [3.63, 3.8) is 0 Å². The molecule has 1 saturated heterocycles. The van der Waals surface area contributed by atoms with E-state index in [1.165, 1.54) is 0 Å². The lowest BCUT2D eigenvalue weighted by Crippen LogP contribution is -2.46. The molecule has 0 aromatic heterocycles. The second-order valence-electron chi connectivity index (χ2n) is 5.67. The second kappa shape index (κ2) is 6.34. The molecule has 0 aliphatic carbocycles. The fourth-order valence-corrected chi connectivity index (χ4v) is 4.29. The van der Waals surface area contributed by atoms with Crippen LogP contribution in [-0.2, 0) is 10.0 Å². The quantitative estimate of drug-likeness (QED) is 0.920. The topological polar surface area (TPSA) is 58.6 Å². The number of ether oxygens (including phenoxy) is 1. The summed E-state index contributed by atoms with van der Waals surface area (Å²) in [5, 5.41) is 3.17. The molecule has 1 heterocycles. The number of hydrogen-bond acceptors (Lipinski definition) is 4. The average molecular weight is 312 g/mol. The van der Waals surface area contributed by atoms with Crippen LogP contribution < -0.4 is 10.1 Å². The van der Waals surface area contributed by atoms with E-state index in [-0.39, 0.29) is 5.92 Å². The van der Waals surface area contributed by atoms with Crippen LogP contribution >= 0.6 is 0 Å². The zero-order valence-electron chi connectivity index (χ0n) is 13.1. The summed E-state index contributed by atoms with van der Waals surface area (Å²) in [6, 6.07) is 3.60. The molecule has 21 heavy (non-hydrogen) atoms. The monoisotopic (exact) mass is 312 g/mol. The van der Waals surface area contributed by atoms with Crippen molar-refractivity contribution in [3.8, 4) is 5.75 Å². The summed E-state index contributed by atoms with van der Waals surface area (Å²) < 4.78 is 32.6. The number of hydrogen-bond donors (Lipinski definition) is 1. The van der Waals surface area contributed by atoms with Gasteiger partial charge in [-0.2, -0.15) is 4.31 Å². The zero-order valence-corrected chi connectivity index (χ0v) is 14.0. The summed E-state index contributed by atoms with van der Waals surface area (Å²) in [7, 11) is -1.82. The zero-order chi connectivity index (χ0) is 15.6. The highest BCUT2D eigenvalue weighted by Gasteiger charge is 2.28. The third-order valence-electron chi connectivity index (χ3n) is 3.84. The van der Waals surface area contributed by atoms with E-state index in [4.69, 9.17) is 4.74 Å². The molecule has 1 aliphatic rings. The van der Waals surface area contributed by atoms with E-state index in [1.54, 1.807) is 17.5 Å². The molecule has 0 saturated carbocycles. The number of methoxy groups -OCH3 is 1. The number of aryl methyl sites for hydroxylation is 1. The highest BCUT2D eigenvalue weighted by atomic mass is 32.2.